The summed E-state index contributed by atoms with van der Waals surface area (Å²) in [6.07, 6.45) is -0.556. The molecule has 2 fully saturated rings. The molecule has 2 aromatic carbocycles. The van der Waals surface area contributed by atoms with Crippen LogP contribution < -0.4 is 0 Å². The molecule has 168 valence electrons. The molecule has 1 aliphatic heterocycles. The standard InChI is InChI=1S/C25H29N3O4/c1-16-13-21(29)20(15-27-28-26)19-14-22(30-2)31-24(17-9-5-3-6-10-17)25(32-23(16)19)18-11-7-4-8-12-18/h3-12,16,19-20,22-25H,13-15H2,1-2H3/t16-,19-,20-,22-,23+,24-,25-/m0/s1. The number of hydrogen-bond donors (Lipinski definition) is 0. The maximum Gasteiger partial charge on any atom is 0.158 e. The predicted molar refractivity (Wildman–Crippen MR) is 120 cm³/mol. The monoisotopic (exact) mass is 435 g/mol. The van der Waals surface area contributed by atoms with Crippen LogP contribution in [0.5, 0.6) is 0 Å². The number of benzene rings is 2. The number of carbonyl (C=O) groups excluding carboxylic acids is 1. The van der Waals surface area contributed by atoms with Crippen molar-refractivity contribution in [3.8, 4) is 0 Å². The quantitative estimate of drug-likeness (QED) is 0.357. The SMILES string of the molecule is CO[C@@H]1C[C@@H]2[C@H](O[C@@H](c3ccccc3)[C@H](c3ccccc3)O1)[C@@H](C)CC(=O)[C@H]2CN=[N+]=[N-]. The van der Waals surface area contributed by atoms with E-state index >= 15 is 0 Å². The van der Waals surface area contributed by atoms with Gasteiger partial charge in [-0.25, -0.2) is 0 Å². The van der Waals surface area contributed by atoms with Gasteiger partial charge in [0.15, 0.2) is 6.29 Å². The Morgan fingerprint density at radius 3 is 2.19 bits per heavy atom. The van der Waals surface area contributed by atoms with Gasteiger partial charge in [0.1, 0.15) is 18.0 Å². The molecule has 0 amide bonds. The third-order valence-electron chi connectivity index (χ3n) is 6.64. The van der Waals surface area contributed by atoms with E-state index in [9.17, 15) is 4.79 Å². The number of nitrogens with zero attached hydrogens (tertiary/aromatic N) is 3. The van der Waals surface area contributed by atoms with E-state index in [1.54, 1.807) is 7.11 Å². The van der Waals surface area contributed by atoms with E-state index in [4.69, 9.17) is 19.7 Å². The van der Waals surface area contributed by atoms with Gasteiger partial charge in [0.2, 0.25) is 0 Å². The molecule has 1 saturated carbocycles. The molecule has 0 N–H and O–H groups in total. The molecule has 1 heterocycles. The maximum atomic E-state index is 12.9. The largest absolute Gasteiger partial charge is 0.367 e. The summed E-state index contributed by atoms with van der Waals surface area (Å²) in [6, 6.07) is 20.1. The van der Waals surface area contributed by atoms with Crippen molar-refractivity contribution in [2.75, 3.05) is 13.7 Å². The van der Waals surface area contributed by atoms with Gasteiger partial charge in [-0.1, -0.05) is 72.7 Å². The molecule has 2 aromatic rings. The second-order valence-corrected chi connectivity index (χ2v) is 8.63. The highest BCUT2D eigenvalue weighted by molar-refractivity contribution is 5.82. The van der Waals surface area contributed by atoms with Crippen molar-refractivity contribution >= 4 is 5.78 Å². The van der Waals surface area contributed by atoms with Gasteiger partial charge in [0.25, 0.3) is 0 Å². The third-order valence-corrected chi connectivity index (χ3v) is 6.64. The first-order valence-electron chi connectivity index (χ1n) is 11.1. The highest BCUT2D eigenvalue weighted by Gasteiger charge is 2.47. The molecule has 0 bridgehead atoms. The number of azide groups is 1. The van der Waals surface area contributed by atoms with Gasteiger partial charge in [-0.3, -0.25) is 4.79 Å². The molecule has 1 aliphatic carbocycles. The minimum Gasteiger partial charge on any atom is -0.367 e. The Kier molecular flexibility index (Phi) is 7.22. The summed E-state index contributed by atoms with van der Waals surface area (Å²) in [5, 5.41) is 3.73. The van der Waals surface area contributed by atoms with Gasteiger partial charge in [0, 0.05) is 43.2 Å². The second kappa shape index (κ2) is 10.3. The molecule has 7 atom stereocenters. The molecule has 0 aromatic heterocycles. The Morgan fingerprint density at radius 1 is 1.03 bits per heavy atom. The molecular formula is C25H29N3O4. The minimum absolute atomic E-state index is 0.0352. The van der Waals surface area contributed by atoms with E-state index in [0.717, 1.165) is 11.1 Å². The van der Waals surface area contributed by atoms with E-state index in [0.29, 0.717) is 12.8 Å². The van der Waals surface area contributed by atoms with Crippen LogP contribution in [0.15, 0.2) is 65.8 Å². The van der Waals surface area contributed by atoms with Gasteiger partial charge < -0.3 is 14.2 Å². The summed E-state index contributed by atoms with van der Waals surface area (Å²) in [5.74, 6) is -0.420. The summed E-state index contributed by atoms with van der Waals surface area (Å²) in [4.78, 5) is 15.8. The summed E-state index contributed by atoms with van der Waals surface area (Å²) in [6.45, 7) is 2.18. The average Bonchev–Trinajstić information content (AvgIpc) is 2.81. The Morgan fingerprint density at radius 2 is 1.62 bits per heavy atom. The first-order valence-corrected chi connectivity index (χ1v) is 11.1. The number of fused-ring (bicyclic) bond motifs is 1. The molecule has 32 heavy (non-hydrogen) atoms. The number of ketones is 1. The molecule has 0 unspecified atom stereocenters. The Hall–Kier alpha value is -2.70. The van der Waals surface area contributed by atoms with Crippen LogP contribution in [-0.4, -0.2) is 31.8 Å². The zero-order valence-electron chi connectivity index (χ0n) is 18.4. The van der Waals surface area contributed by atoms with Crippen molar-refractivity contribution in [3.05, 3.63) is 82.2 Å². The number of rotatable bonds is 5. The lowest BCUT2D eigenvalue weighted by Gasteiger charge is -2.46. The zero-order valence-corrected chi connectivity index (χ0v) is 18.4. The molecule has 7 heteroatoms. The van der Waals surface area contributed by atoms with Crippen molar-refractivity contribution in [3.63, 3.8) is 0 Å². The van der Waals surface area contributed by atoms with E-state index in [2.05, 4.69) is 16.9 Å². The molecule has 7 nitrogen and oxygen atoms in total. The molecule has 0 spiro atoms. The van der Waals surface area contributed by atoms with Crippen LogP contribution in [0.1, 0.15) is 43.1 Å². The maximum absolute atomic E-state index is 12.9. The van der Waals surface area contributed by atoms with Crippen LogP contribution in [0.4, 0.5) is 0 Å². The third kappa shape index (κ3) is 4.71. The summed E-state index contributed by atoms with van der Waals surface area (Å²) in [7, 11) is 1.62. The van der Waals surface area contributed by atoms with Crippen molar-refractivity contribution < 1.29 is 19.0 Å². The fraction of sp³-hybridized carbons (Fsp3) is 0.480. The van der Waals surface area contributed by atoms with Gasteiger partial charge in [-0.15, -0.1) is 0 Å². The lowest BCUT2D eigenvalue weighted by atomic mass is 9.69. The number of ether oxygens (including phenoxy) is 3. The smallest absolute Gasteiger partial charge is 0.158 e. The second-order valence-electron chi connectivity index (χ2n) is 8.63. The van der Waals surface area contributed by atoms with Crippen molar-refractivity contribution in [1.82, 2.24) is 0 Å². The molecule has 4 rings (SSSR count). The first kappa shape index (κ1) is 22.5. The topological polar surface area (TPSA) is 93.5 Å². The number of Topliss-reactive ketones (excluding diaryl/α,β-unsaturated/α-hetero) is 1. The van der Waals surface area contributed by atoms with Gasteiger partial charge in [-0.2, -0.15) is 0 Å². The lowest BCUT2D eigenvalue weighted by molar-refractivity contribution is -0.247. The van der Waals surface area contributed by atoms with E-state index in [1.807, 2.05) is 60.7 Å². The normalized spacial score (nSPS) is 32.8. The van der Waals surface area contributed by atoms with Crippen LogP contribution in [0.25, 0.3) is 10.4 Å². The van der Waals surface area contributed by atoms with E-state index in [1.165, 1.54) is 0 Å². The molecular weight excluding hydrogens is 406 g/mol. The molecule has 1 saturated heterocycles. The summed E-state index contributed by atoms with van der Waals surface area (Å²) in [5.41, 5.74) is 10.9. The van der Waals surface area contributed by atoms with Gasteiger partial charge in [-0.05, 0) is 22.6 Å². The van der Waals surface area contributed by atoms with Gasteiger partial charge in [0.05, 0.1) is 6.10 Å². The fourth-order valence-corrected chi connectivity index (χ4v) is 5.07. The highest BCUT2D eigenvalue weighted by Crippen LogP contribution is 2.46. The fourth-order valence-electron chi connectivity index (χ4n) is 5.07. The van der Waals surface area contributed by atoms with Crippen LogP contribution in [0.2, 0.25) is 0 Å². The lowest BCUT2D eigenvalue weighted by Crippen LogP contribution is -2.50. The van der Waals surface area contributed by atoms with Crippen LogP contribution in [0, 0.1) is 17.8 Å². The Bertz CT molecular complexity index is 948. The Labute approximate surface area is 188 Å². The van der Waals surface area contributed by atoms with Crippen molar-refractivity contribution in [2.45, 2.75) is 44.4 Å². The summed E-state index contributed by atoms with van der Waals surface area (Å²) >= 11 is 0. The molecule has 2 aliphatic rings. The number of carbonyl (C=O) groups is 1. The number of hydrogen-bond acceptors (Lipinski definition) is 5. The van der Waals surface area contributed by atoms with E-state index < -0.39 is 12.2 Å². The minimum atomic E-state index is -0.519. The van der Waals surface area contributed by atoms with Crippen molar-refractivity contribution in [2.24, 2.45) is 22.9 Å². The number of methoxy groups -OCH3 is 1. The first-order chi connectivity index (χ1) is 15.6. The molecule has 0 radical (unpaired) electrons. The van der Waals surface area contributed by atoms with Crippen LogP contribution >= 0.6 is 0 Å². The average molecular weight is 436 g/mol. The van der Waals surface area contributed by atoms with E-state index in [-0.39, 0.29) is 42.5 Å². The Balaban J connectivity index is 1.77. The summed E-state index contributed by atoms with van der Waals surface area (Å²) < 4.78 is 19.1. The van der Waals surface area contributed by atoms with Crippen LogP contribution in [0.3, 0.4) is 0 Å². The highest BCUT2D eigenvalue weighted by atomic mass is 16.7. The van der Waals surface area contributed by atoms with Crippen molar-refractivity contribution in [1.29, 1.82) is 0 Å². The predicted octanol–water partition coefficient (Wildman–Crippen LogP) is 5.40. The zero-order chi connectivity index (χ0) is 22.5. The van der Waals surface area contributed by atoms with Crippen LogP contribution in [-0.2, 0) is 19.0 Å². The van der Waals surface area contributed by atoms with Gasteiger partial charge >= 0.3 is 0 Å².